The van der Waals surface area contributed by atoms with Crippen LogP contribution in [-0.4, -0.2) is 19.9 Å². The lowest BCUT2D eigenvalue weighted by molar-refractivity contribution is 0.332. The molecule has 4 heteroatoms. The van der Waals surface area contributed by atoms with Crippen LogP contribution in [0.5, 0.6) is 0 Å². The molecule has 0 N–H and O–H groups in total. The number of hydrogen-bond donors (Lipinski definition) is 0. The van der Waals surface area contributed by atoms with Crippen molar-refractivity contribution in [2.45, 2.75) is 51.4 Å². The molecule has 4 nitrogen and oxygen atoms in total. The van der Waals surface area contributed by atoms with Gasteiger partial charge in [0.1, 0.15) is 0 Å². The molecule has 0 saturated carbocycles. The summed E-state index contributed by atoms with van der Waals surface area (Å²) in [5.41, 5.74) is 13.8. The largest absolute Gasteiger partial charge is 0.256 e. The van der Waals surface area contributed by atoms with Crippen LogP contribution >= 0.6 is 0 Å². The van der Waals surface area contributed by atoms with Crippen molar-refractivity contribution in [3.05, 3.63) is 169 Å². The van der Waals surface area contributed by atoms with E-state index in [-0.39, 0.29) is 10.8 Å². The third-order valence-electron chi connectivity index (χ3n) is 11.2. The van der Waals surface area contributed by atoms with Gasteiger partial charge < -0.3 is 0 Å². The topological polar surface area (TPSA) is 51.6 Å². The number of aromatic nitrogens is 4. The van der Waals surface area contributed by atoms with Crippen molar-refractivity contribution in [3.63, 3.8) is 0 Å². The van der Waals surface area contributed by atoms with Crippen molar-refractivity contribution in [2.24, 2.45) is 0 Å². The second-order valence-corrected chi connectivity index (χ2v) is 15.8. The lowest BCUT2D eigenvalue weighted by Crippen LogP contribution is -2.33. The summed E-state index contributed by atoms with van der Waals surface area (Å²) < 4.78 is 0. The van der Waals surface area contributed by atoms with Crippen molar-refractivity contribution in [1.29, 1.82) is 0 Å². The van der Waals surface area contributed by atoms with E-state index in [0.717, 1.165) is 55.4 Å². The van der Waals surface area contributed by atoms with Gasteiger partial charge in [-0.1, -0.05) is 155 Å². The van der Waals surface area contributed by atoms with Crippen LogP contribution < -0.4 is 0 Å². The van der Waals surface area contributed by atoms with Crippen molar-refractivity contribution < 1.29 is 0 Å². The van der Waals surface area contributed by atoms with Gasteiger partial charge in [-0.2, -0.15) is 0 Å². The highest BCUT2D eigenvalue weighted by Gasteiger charge is 2.37. The zero-order valence-electron chi connectivity index (χ0n) is 31.2. The van der Waals surface area contributed by atoms with Crippen LogP contribution in [0.4, 0.5) is 0 Å². The van der Waals surface area contributed by atoms with Crippen LogP contribution in [0.3, 0.4) is 0 Å². The Morgan fingerprint density at radius 3 is 1.59 bits per heavy atom. The van der Waals surface area contributed by atoms with Gasteiger partial charge in [-0.25, -0.2) is 15.0 Å². The van der Waals surface area contributed by atoms with E-state index in [0.29, 0.717) is 17.5 Å². The van der Waals surface area contributed by atoms with Crippen molar-refractivity contribution in [2.75, 3.05) is 0 Å². The number of pyridine rings is 1. The van der Waals surface area contributed by atoms with E-state index >= 15 is 0 Å². The van der Waals surface area contributed by atoms with Crippen LogP contribution in [0.2, 0.25) is 0 Å². The first kappa shape index (κ1) is 33.6. The molecule has 0 fully saturated rings. The summed E-state index contributed by atoms with van der Waals surface area (Å²) in [6, 6.07) is 53.5. The molecular formula is C50H42N4. The summed E-state index contributed by atoms with van der Waals surface area (Å²) in [6.45, 7) is 9.54. The van der Waals surface area contributed by atoms with Gasteiger partial charge in [0.2, 0.25) is 0 Å². The average Bonchev–Trinajstić information content (AvgIpc) is 3.22. The second kappa shape index (κ2) is 13.3. The summed E-state index contributed by atoms with van der Waals surface area (Å²) in [5, 5.41) is 1.12. The van der Waals surface area contributed by atoms with Gasteiger partial charge in [0.25, 0.3) is 0 Å². The molecule has 0 bridgehead atoms. The number of benzene rings is 6. The van der Waals surface area contributed by atoms with Gasteiger partial charge in [0, 0.05) is 33.8 Å². The van der Waals surface area contributed by atoms with E-state index in [9.17, 15) is 0 Å². The molecule has 0 saturated heterocycles. The Labute approximate surface area is 317 Å². The molecule has 1 aliphatic carbocycles. The quantitative estimate of drug-likeness (QED) is 0.173. The molecule has 0 spiro atoms. The van der Waals surface area contributed by atoms with Gasteiger partial charge >= 0.3 is 0 Å². The predicted octanol–water partition coefficient (Wildman–Crippen LogP) is 12.8. The molecule has 54 heavy (non-hydrogen) atoms. The molecule has 2 heterocycles. The first-order valence-corrected chi connectivity index (χ1v) is 18.8. The molecule has 0 unspecified atom stereocenters. The fourth-order valence-electron chi connectivity index (χ4n) is 7.98. The molecule has 2 aromatic heterocycles. The molecule has 0 radical (unpaired) electrons. The number of fused-ring (bicyclic) bond motifs is 2. The van der Waals surface area contributed by atoms with Crippen LogP contribution in [0, 0.1) is 0 Å². The first-order chi connectivity index (χ1) is 26.2. The van der Waals surface area contributed by atoms with Gasteiger partial charge in [-0.15, -0.1) is 0 Å². The Bertz CT molecular complexity index is 2640. The highest BCUT2D eigenvalue weighted by Crippen LogP contribution is 2.47. The third-order valence-corrected chi connectivity index (χ3v) is 11.2. The maximum atomic E-state index is 5.20. The number of rotatable bonds is 6. The average molecular weight is 699 g/mol. The highest BCUT2D eigenvalue weighted by molar-refractivity contribution is 5.93. The van der Waals surface area contributed by atoms with Crippen LogP contribution in [-0.2, 0) is 10.8 Å². The Hall–Kier alpha value is -6.26. The standard InChI is InChI=1S/C50H42N4/c1-49(2)26-27-50(3,4)44-32-38(24-25-43(44)49)40-29-39(33-13-7-5-8-14-33)30-41(31-40)48-53-46(36-15-9-6-10-16-36)52-47(54-48)37-22-20-34(21-23-37)42-19-11-17-35-18-12-28-51-45(35)42/h5-25,28-32H,26-27H2,1-4H3. The maximum Gasteiger partial charge on any atom is 0.164 e. The van der Waals surface area contributed by atoms with Crippen LogP contribution in [0.15, 0.2) is 158 Å². The maximum absolute atomic E-state index is 5.20. The lowest BCUT2D eigenvalue weighted by Gasteiger charge is -2.42. The van der Waals surface area contributed by atoms with E-state index in [1.165, 1.54) is 29.5 Å². The van der Waals surface area contributed by atoms with E-state index in [1.807, 2.05) is 30.5 Å². The number of para-hydroxylation sites is 1. The Morgan fingerprint density at radius 1 is 0.389 bits per heavy atom. The molecule has 262 valence electrons. The fourth-order valence-corrected chi connectivity index (χ4v) is 7.98. The Morgan fingerprint density at radius 2 is 0.907 bits per heavy atom. The SMILES string of the molecule is CC1(C)CCC(C)(C)c2cc(-c3cc(-c4ccccc4)cc(-c4nc(-c5ccccc5)nc(-c5ccc(-c6cccc7cccnc67)cc5)n4)c3)ccc21. The molecule has 9 rings (SSSR count). The smallest absolute Gasteiger partial charge is 0.164 e. The second-order valence-electron chi connectivity index (χ2n) is 15.8. The van der Waals surface area contributed by atoms with Crippen LogP contribution in [0.1, 0.15) is 51.7 Å². The molecule has 0 amide bonds. The van der Waals surface area contributed by atoms with E-state index in [2.05, 4.69) is 160 Å². The number of hydrogen-bond acceptors (Lipinski definition) is 4. The molecule has 8 aromatic rings. The van der Waals surface area contributed by atoms with Gasteiger partial charge in [0.15, 0.2) is 17.5 Å². The number of nitrogens with zero attached hydrogens (tertiary/aromatic N) is 4. The third kappa shape index (κ3) is 6.28. The van der Waals surface area contributed by atoms with Crippen molar-refractivity contribution in [3.8, 4) is 67.5 Å². The first-order valence-electron chi connectivity index (χ1n) is 18.8. The van der Waals surface area contributed by atoms with E-state index in [1.54, 1.807) is 0 Å². The summed E-state index contributed by atoms with van der Waals surface area (Å²) >= 11 is 0. The van der Waals surface area contributed by atoms with Gasteiger partial charge in [-0.3, -0.25) is 4.98 Å². The molecule has 0 atom stereocenters. The van der Waals surface area contributed by atoms with Crippen molar-refractivity contribution in [1.82, 2.24) is 19.9 Å². The summed E-state index contributed by atoms with van der Waals surface area (Å²) in [4.78, 5) is 20.1. The van der Waals surface area contributed by atoms with E-state index < -0.39 is 0 Å². The minimum Gasteiger partial charge on any atom is -0.256 e. The summed E-state index contributed by atoms with van der Waals surface area (Å²) in [7, 11) is 0. The fraction of sp³-hybridized carbons (Fsp3) is 0.160. The summed E-state index contributed by atoms with van der Waals surface area (Å²) in [6.07, 6.45) is 4.21. The predicted molar refractivity (Wildman–Crippen MR) is 223 cm³/mol. The Kier molecular flexibility index (Phi) is 8.27. The molecule has 0 aliphatic heterocycles. The van der Waals surface area contributed by atoms with Gasteiger partial charge in [0.05, 0.1) is 5.52 Å². The molecular weight excluding hydrogens is 657 g/mol. The normalized spacial score (nSPS) is 14.4. The zero-order valence-corrected chi connectivity index (χ0v) is 31.2. The summed E-state index contributed by atoms with van der Waals surface area (Å²) in [5.74, 6) is 1.91. The lowest BCUT2D eigenvalue weighted by atomic mass is 9.63. The van der Waals surface area contributed by atoms with E-state index in [4.69, 9.17) is 15.0 Å². The Balaban J connectivity index is 1.20. The monoisotopic (exact) mass is 698 g/mol. The highest BCUT2D eigenvalue weighted by atomic mass is 15.0. The molecule has 1 aliphatic rings. The van der Waals surface area contributed by atoms with Crippen molar-refractivity contribution >= 4 is 10.9 Å². The van der Waals surface area contributed by atoms with Crippen LogP contribution in [0.25, 0.3) is 78.4 Å². The van der Waals surface area contributed by atoms with Gasteiger partial charge in [-0.05, 0) is 86.9 Å². The zero-order chi connectivity index (χ0) is 36.9. The minimum absolute atomic E-state index is 0.105. The molecule has 6 aromatic carbocycles. The minimum atomic E-state index is 0.105.